The monoisotopic (exact) mass is 275 g/mol. The van der Waals surface area contributed by atoms with E-state index < -0.39 is 0 Å². The standard InChI is InChI=1S/C12H13N5OS/c1-19-9-4-2-8(3-5-9)14-12(18)10-6-7-11(15-13)17-16-10/h2-7H,13H2,1H3,(H,14,18)(H,15,17). The molecule has 4 N–H and O–H groups in total. The molecule has 0 fully saturated rings. The van der Waals surface area contributed by atoms with E-state index in [4.69, 9.17) is 5.84 Å². The quantitative estimate of drug-likeness (QED) is 0.447. The Kier molecular flexibility index (Phi) is 4.32. The molecule has 0 unspecified atom stereocenters. The molecule has 2 aromatic rings. The molecule has 7 heteroatoms. The Hall–Kier alpha value is -2.12. The fourth-order valence-corrected chi connectivity index (χ4v) is 1.81. The summed E-state index contributed by atoms with van der Waals surface area (Å²) in [5, 5.41) is 10.3. The van der Waals surface area contributed by atoms with Gasteiger partial charge in [-0.3, -0.25) is 4.79 Å². The number of carbonyl (C=O) groups is 1. The molecule has 1 aromatic heterocycles. The normalized spacial score (nSPS) is 10.0. The van der Waals surface area contributed by atoms with Crippen molar-refractivity contribution in [3.8, 4) is 0 Å². The number of amides is 1. The highest BCUT2D eigenvalue weighted by atomic mass is 32.2. The van der Waals surface area contributed by atoms with Crippen molar-refractivity contribution >= 4 is 29.2 Å². The molecule has 0 saturated carbocycles. The lowest BCUT2D eigenvalue weighted by atomic mass is 10.3. The van der Waals surface area contributed by atoms with Crippen LogP contribution < -0.4 is 16.6 Å². The van der Waals surface area contributed by atoms with E-state index in [1.165, 1.54) is 0 Å². The third-order valence-electron chi connectivity index (χ3n) is 2.39. The van der Waals surface area contributed by atoms with Gasteiger partial charge in [0.15, 0.2) is 11.5 Å². The summed E-state index contributed by atoms with van der Waals surface area (Å²) in [5.41, 5.74) is 3.29. The number of hydrazine groups is 1. The minimum Gasteiger partial charge on any atom is -0.321 e. The number of rotatable bonds is 4. The van der Waals surface area contributed by atoms with Crippen molar-refractivity contribution in [1.82, 2.24) is 10.2 Å². The second-order valence-electron chi connectivity index (χ2n) is 3.63. The molecule has 0 aliphatic heterocycles. The van der Waals surface area contributed by atoms with Crippen LogP contribution in [0.25, 0.3) is 0 Å². The van der Waals surface area contributed by atoms with E-state index in [0.29, 0.717) is 11.5 Å². The van der Waals surface area contributed by atoms with Gasteiger partial charge in [0.1, 0.15) is 0 Å². The number of nitrogen functional groups attached to an aromatic ring is 1. The number of nitrogens with zero attached hydrogens (tertiary/aromatic N) is 2. The minimum absolute atomic E-state index is 0.230. The Balaban J connectivity index is 2.06. The zero-order chi connectivity index (χ0) is 13.7. The zero-order valence-corrected chi connectivity index (χ0v) is 11.1. The predicted molar refractivity (Wildman–Crippen MR) is 76.0 cm³/mol. The van der Waals surface area contributed by atoms with Gasteiger partial charge in [-0.1, -0.05) is 0 Å². The van der Waals surface area contributed by atoms with Crippen LogP contribution in [0.15, 0.2) is 41.3 Å². The van der Waals surface area contributed by atoms with Crippen LogP contribution in [0, 0.1) is 0 Å². The maximum Gasteiger partial charge on any atom is 0.276 e. The molecule has 1 amide bonds. The van der Waals surface area contributed by atoms with E-state index in [-0.39, 0.29) is 11.6 Å². The highest BCUT2D eigenvalue weighted by Gasteiger charge is 2.08. The summed E-state index contributed by atoms with van der Waals surface area (Å²) in [5.74, 6) is 5.26. The lowest BCUT2D eigenvalue weighted by molar-refractivity contribution is 0.102. The van der Waals surface area contributed by atoms with E-state index in [0.717, 1.165) is 4.90 Å². The number of carbonyl (C=O) groups excluding carboxylic acids is 1. The van der Waals surface area contributed by atoms with Crippen molar-refractivity contribution in [3.05, 3.63) is 42.1 Å². The van der Waals surface area contributed by atoms with Gasteiger partial charge in [0.2, 0.25) is 0 Å². The third kappa shape index (κ3) is 3.43. The first-order chi connectivity index (χ1) is 9.22. The largest absolute Gasteiger partial charge is 0.321 e. The van der Waals surface area contributed by atoms with Crippen LogP contribution in [0.5, 0.6) is 0 Å². The van der Waals surface area contributed by atoms with Gasteiger partial charge in [0, 0.05) is 10.6 Å². The lowest BCUT2D eigenvalue weighted by Crippen LogP contribution is -2.16. The molecule has 98 valence electrons. The van der Waals surface area contributed by atoms with Crippen molar-refractivity contribution in [2.45, 2.75) is 4.90 Å². The third-order valence-corrected chi connectivity index (χ3v) is 3.14. The maximum atomic E-state index is 11.9. The van der Waals surface area contributed by atoms with Crippen LogP contribution in [0.4, 0.5) is 11.5 Å². The van der Waals surface area contributed by atoms with Gasteiger partial charge in [-0.2, -0.15) is 0 Å². The zero-order valence-electron chi connectivity index (χ0n) is 10.3. The van der Waals surface area contributed by atoms with Gasteiger partial charge in [0.05, 0.1) is 0 Å². The van der Waals surface area contributed by atoms with Crippen molar-refractivity contribution in [1.29, 1.82) is 0 Å². The molecular formula is C12H13N5OS. The van der Waals surface area contributed by atoms with Gasteiger partial charge < -0.3 is 10.7 Å². The van der Waals surface area contributed by atoms with Crippen LogP contribution in [-0.2, 0) is 0 Å². The Labute approximate surface area is 114 Å². The van der Waals surface area contributed by atoms with Crippen molar-refractivity contribution in [2.75, 3.05) is 17.0 Å². The topological polar surface area (TPSA) is 92.9 Å². The predicted octanol–water partition coefficient (Wildman–Crippen LogP) is 1.74. The SMILES string of the molecule is CSc1ccc(NC(=O)c2ccc(NN)nn2)cc1. The highest BCUT2D eigenvalue weighted by molar-refractivity contribution is 7.98. The molecule has 0 spiro atoms. The van der Waals surface area contributed by atoms with E-state index >= 15 is 0 Å². The summed E-state index contributed by atoms with van der Waals surface area (Å²) in [6, 6.07) is 10.7. The van der Waals surface area contributed by atoms with Crippen LogP contribution in [0.1, 0.15) is 10.5 Å². The second-order valence-corrected chi connectivity index (χ2v) is 4.51. The summed E-state index contributed by atoms with van der Waals surface area (Å²) >= 11 is 1.64. The Morgan fingerprint density at radius 3 is 2.42 bits per heavy atom. The van der Waals surface area contributed by atoms with E-state index in [2.05, 4.69) is 20.9 Å². The number of nitrogens with one attached hydrogen (secondary N) is 2. The maximum absolute atomic E-state index is 11.9. The van der Waals surface area contributed by atoms with Crippen LogP contribution in [-0.4, -0.2) is 22.4 Å². The van der Waals surface area contributed by atoms with Gasteiger partial charge >= 0.3 is 0 Å². The molecule has 0 aliphatic carbocycles. The van der Waals surface area contributed by atoms with E-state index in [9.17, 15) is 4.79 Å². The molecular weight excluding hydrogens is 262 g/mol. The number of benzene rings is 1. The number of hydrogen-bond acceptors (Lipinski definition) is 6. The van der Waals surface area contributed by atoms with Crippen LogP contribution in [0.2, 0.25) is 0 Å². The summed E-state index contributed by atoms with van der Waals surface area (Å²) in [6.07, 6.45) is 2.00. The molecule has 0 atom stereocenters. The molecule has 1 heterocycles. The Bertz CT molecular complexity index is 555. The van der Waals surface area contributed by atoms with Crippen LogP contribution in [0.3, 0.4) is 0 Å². The van der Waals surface area contributed by atoms with Gasteiger partial charge in [-0.15, -0.1) is 22.0 Å². The molecule has 0 aliphatic rings. The summed E-state index contributed by atoms with van der Waals surface area (Å²) in [6.45, 7) is 0. The molecule has 2 rings (SSSR count). The highest BCUT2D eigenvalue weighted by Crippen LogP contribution is 2.17. The summed E-state index contributed by atoms with van der Waals surface area (Å²) in [7, 11) is 0. The van der Waals surface area contributed by atoms with E-state index in [1.807, 2.05) is 30.5 Å². The van der Waals surface area contributed by atoms with Crippen molar-refractivity contribution in [3.63, 3.8) is 0 Å². The molecule has 6 nitrogen and oxygen atoms in total. The fourth-order valence-electron chi connectivity index (χ4n) is 1.40. The first-order valence-corrected chi connectivity index (χ1v) is 6.71. The molecule has 1 aromatic carbocycles. The Morgan fingerprint density at radius 2 is 1.89 bits per heavy atom. The first-order valence-electron chi connectivity index (χ1n) is 5.48. The fraction of sp³-hybridized carbons (Fsp3) is 0.0833. The average Bonchev–Trinajstić information content (AvgIpc) is 2.48. The lowest BCUT2D eigenvalue weighted by Gasteiger charge is -2.05. The molecule has 0 bridgehead atoms. The van der Waals surface area contributed by atoms with Gasteiger partial charge in [0.25, 0.3) is 5.91 Å². The summed E-state index contributed by atoms with van der Waals surface area (Å²) in [4.78, 5) is 13.0. The van der Waals surface area contributed by atoms with Gasteiger partial charge in [-0.05, 0) is 42.7 Å². The molecule has 0 saturated heterocycles. The minimum atomic E-state index is -0.312. The van der Waals surface area contributed by atoms with E-state index in [1.54, 1.807) is 23.9 Å². The van der Waals surface area contributed by atoms with Crippen molar-refractivity contribution < 1.29 is 4.79 Å². The van der Waals surface area contributed by atoms with Crippen LogP contribution >= 0.6 is 11.8 Å². The number of nitrogens with two attached hydrogens (primary N) is 1. The number of thioether (sulfide) groups is 1. The second kappa shape index (κ2) is 6.17. The summed E-state index contributed by atoms with van der Waals surface area (Å²) < 4.78 is 0. The number of hydrogen-bond donors (Lipinski definition) is 3. The number of anilines is 2. The smallest absolute Gasteiger partial charge is 0.276 e. The Morgan fingerprint density at radius 1 is 1.16 bits per heavy atom. The van der Waals surface area contributed by atoms with Crippen molar-refractivity contribution in [2.24, 2.45) is 5.84 Å². The number of aromatic nitrogens is 2. The first kappa shape index (κ1) is 13.3. The molecule has 19 heavy (non-hydrogen) atoms. The average molecular weight is 275 g/mol. The molecule has 0 radical (unpaired) electrons. The van der Waals surface area contributed by atoms with Gasteiger partial charge in [-0.25, -0.2) is 5.84 Å².